The topological polar surface area (TPSA) is 40.5 Å². The van der Waals surface area contributed by atoms with Crippen LogP contribution < -0.4 is 0 Å². The number of carbonyl (C=O) groups excluding carboxylic acids is 1. The molecule has 3 atom stereocenters. The van der Waals surface area contributed by atoms with Gasteiger partial charge in [0.1, 0.15) is 0 Å². The molecule has 19 heavy (non-hydrogen) atoms. The van der Waals surface area contributed by atoms with Crippen LogP contribution in [-0.4, -0.2) is 35.1 Å². The zero-order chi connectivity index (χ0) is 14.6. The molecule has 0 radical (unpaired) electrons. The number of nitrogens with zero attached hydrogens (tertiary/aromatic N) is 1. The number of aliphatic hydroxyl groups is 1. The molecule has 0 spiro atoms. The van der Waals surface area contributed by atoms with Crippen molar-refractivity contribution in [3.63, 3.8) is 0 Å². The first kappa shape index (κ1) is 16.5. The van der Waals surface area contributed by atoms with Crippen LogP contribution in [0.15, 0.2) is 0 Å². The Morgan fingerprint density at radius 3 is 2.53 bits per heavy atom. The Morgan fingerprint density at radius 1 is 1.37 bits per heavy atom. The zero-order valence-electron chi connectivity index (χ0n) is 13.3. The van der Waals surface area contributed by atoms with Gasteiger partial charge in [-0.3, -0.25) is 4.79 Å². The van der Waals surface area contributed by atoms with E-state index in [2.05, 4.69) is 27.7 Å². The van der Waals surface area contributed by atoms with Crippen molar-refractivity contribution in [1.29, 1.82) is 0 Å². The molecule has 1 rings (SSSR count). The molecule has 0 saturated carbocycles. The minimum Gasteiger partial charge on any atom is -0.391 e. The second kappa shape index (κ2) is 6.74. The third-order valence-electron chi connectivity index (χ3n) is 4.74. The normalized spacial score (nSPS) is 25.1. The monoisotopic (exact) mass is 269 g/mol. The molecule has 3 heteroatoms. The summed E-state index contributed by atoms with van der Waals surface area (Å²) in [4.78, 5) is 14.0. The van der Waals surface area contributed by atoms with Crippen molar-refractivity contribution >= 4 is 5.91 Å². The van der Waals surface area contributed by atoms with E-state index >= 15 is 0 Å². The van der Waals surface area contributed by atoms with Gasteiger partial charge in [-0.05, 0) is 30.1 Å². The molecule has 1 N–H and O–H groups in total. The van der Waals surface area contributed by atoms with Crippen molar-refractivity contribution in [1.82, 2.24) is 4.90 Å². The van der Waals surface area contributed by atoms with Crippen LogP contribution in [0.3, 0.4) is 0 Å². The summed E-state index contributed by atoms with van der Waals surface area (Å²) < 4.78 is 0. The number of aliphatic hydroxyl groups excluding tert-OH is 1. The lowest BCUT2D eigenvalue weighted by Crippen LogP contribution is -2.39. The molecule has 0 aliphatic carbocycles. The maximum atomic E-state index is 12.1. The van der Waals surface area contributed by atoms with Crippen LogP contribution in [0.5, 0.6) is 0 Å². The number of hydrogen-bond donors (Lipinski definition) is 1. The number of carbonyl (C=O) groups is 1. The van der Waals surface area contributed by atoms with E-state index in [1.807, 2.05) is 11.8 Å². The molecule has 0 aromatic rings. The van der Waals surface area contributed by atoms with Crippen LogP contribution in [0, 0.1) is 17.3 Å². The summed E-state index contributed by atoms with van der Waals surface area (Å²) >= 11 is 0. The molecule has 1 aliphatic heterocycles. The molecule has 0 aromatic heterocycles. The van der Waals surface area contributed by atoms with Crippen LogP contribution >= 0.6 is 0 Å². The molecule has 112 valence electrons. The van der Waals surface area contributed by atoms with Gasteiger partial charge in [-0.15, -0.1) is 0 Å². The first-order chi connectivity index (χ1) is 8.75. The quantitative estimate of drug-likeness (QED) is 0.852. The Morgan fingerprint density at radius 2 is 2.00 bits per heavy atom. The average Bonchev–Trinajstić information content (AvgIpc) is 2.51. The van der Waals surface area contributed by atoms with E-state index in [4.69, 9.17) is 0 Å². The molecule has 1 heterocycles. The second-order valence-electron chi connectivity index (χ2n) is 7.18. The van der Waals surface area contributed by atoms with Gasteiger partial charge in [-0.1, -0.05) is 41.0 Å². The Kier molecular flexibility index (Phi) is 5.84. The first-order valence-corrected chi connectivity index (χ1v) is 7.71. The lowest BCUT2D eigenvalue weighted by Gasteiger charge is -2.30. The lowest BCUT2D eigenvalue weighted by atomic mass is 9.77. The van der Waals surface area contributed by atoms with Crippen LogP contribution in [0.2, 0.25) is 0 Å². The number of likely N-dealkylation sites (tertiary alicyclic amines) is 1. The van der Waals surface area contributed by atoms with E-state index in [1.54, 1.807) is 0 Å². The van der Waals surface area contributed by atoms with Crippen LogP contribution in [0.4, 0.5) is 0 Å². The van der Waals surface area contributed by atoms with Gasteiger partial charge in [0, 0.05) is 19.5 Å². The molecule has 1 amide bonds. The molecular formula is C16H31NO2. The molecular weight excluding hydrogens is 238 g/mol. The molecule has 0 bridgehead atoms. The fourth-order valence-corrected chi connectivity index (χ4v) is 2.77. The van der Waals surface area contributed by atoms with E-state index in [-0.39, 0.29) is 23.3 Å². The van der Waals surface area contributed by atoms with Crippen molar-refractivity contribution in [2.45, 2.75) is 66.4 Å². The SMILES string of the molecule is CCC(C)C(O)CN1CCC(C(C)(C)C)CCC1=O. The third-order valence-corrected chi connectivity index (χ3v) is 4.74. The van der Waals surface area contributed by atoms with Crippen molar-refractivity contribution in [2.24, 2.45) is 17.3 Å². The highest BCUT2D eigenvalue weighted by molar-refractivity contribution is 5.76. The molecule has 3 nitrogen and oxygen atoms in total. The lowest BCUT2D eigenvalue weighted by molar-refractivity contribution is -0.132. The molecule has 1 saturated heterocycles. The fourth-order valence-electron chi connectivity index (χ4n) is 2.77. The predicted molar refractivity (Wildman–Crippen MR) is 78.8 cm³/mol. The van der Waals surface area contributed by atoms with Gasteiger partial charge < -0.3 is 10.0 Å². The summed E-state index contributed by atoms with van der Waals surface area (Å²) in [6, 6.07) is 0. The van der Waals surface area contributed by atoms with Crippen molar-refractivity contribution in [2.75, 3.05) is 13.1 Å². The maximum absolute atomic E-state index is 12.1. The standard InChI is InChI=1S/C16H31NO2/c1-6-12(2)14(18)11-17-10-9-13(16(3,4)5)7-8-15(17)19/h12-14,18H,6-11H2,1-5H3. The van der Waals surface area contributed by atoms with Gasteiger partial charge in [0.05, 0.1) is 6.10 Å². The number of amides is 1. The third kappa shape index (κ3) is 4.79. The summed E-state index contributed by atoms with van der Waals surface area (Å²) in [5.74, 6) is 1.07. The highest BCUT2D eigenvalue weighted by atomic mass is 16.3. The summed E-state index contributed by atoms with van der Waals surface area (Å²) in [7, 11) is 0. The Hall–Kier alpha value is -0.570. The molecule has 0 aromatic carbocycles. The van der Waals surface area contributed by atoms with Gasteiger partial charge in [-0.25, -0.2) is 0 Å². The highest BCUT2D eigenvalue weighted by Gasteiger charge is 2.30. The fraction of sp³-hybridized carbons (Fsp3) is 0.938. The van der Waals surface area contributed by atoms with Crippen LogP contribution in [-0.2, 0) is 4.79 Å². The number of β-amino-alcohol motifs (C(OH)–C–C–N with tert-alkyl or cyclic N) is 1. The van der Waals surface area contributed by atoms with Crippen LogP contribution in [0.1, 0.15) is 60.3 Å². The maximum Gasteiger partial charge on any atom is 0.222 e. The van der Waals surface area contributed by atoms with E-state index in [9.17, 15) is 9.90 Å². The van der Waals surface area contributed by atoms with Crippen LogP contribution in [0.25, 0.3) is 0 Å². The summed E-state index contributed by atoms with van der Waals surface area (Å²) in [6.45, 7) is 12.2. The smallest absolute Gasteiger partial charge is 0.222 e. The Labute approximate surface area is 118 Å². The van der Waals surface area contributed by atoms with E-state index < -0.39 is 0 Å². The predicted octanol–water partition coefficient (Wildman–Crippen LogP) is 3.07. The number of rotatable bonds is 4. The van der Waals surface area contributed by atoms with Gasteiger partial charge in [0.15, 0.2) is 0 Å². The minimum absolute atomic E-state index is 0.217. The van der Waals surface area contributed by atoms with Gasteiger partial charge >= 0.3 is 0 Å². The highest BCUT2D eigenvalue weighted by Crippen LogP contribution is 2.34. The largest absolute Gasteiger partial charge is 0.391 e. The second-order valence-corrected chi connectivity index (χ2v) is 7.18. The molecule has 1 aliphatic rings. The van der Waals surface area contributed by atoms with Gasteiger partial charge in [0.2, 0.25) is 5.91 Å². The average molecular weight is 269 g/mol. The zero-order valence-corrected chi connectivity index (χ0v) is 13.3. The van der Waals surface area contributed by atoms with Crippen molar-refractivity contribution in [3.05, 3.63) is 0 Å². The minimum atomic E-state index is -0.389. The summed E-state index contributed by atoms with van der Waals surface area (Å²) in [5.41, 5.74) is 0.269. The van der Waals surface area contributed by atoms with E-state index in [1.165, 1.54) is 0 Å². The van der Waals surface area contributed by atoms with Gasteiger partial charge in [-0.2, -0.15) is 0 Å². The summed E-state index contributed by atoms with van der Waals surface area (Å²) in [5, 5.41) is 10.1. The number of hydrogen-bond acceptors (Lipinski definition) is 2. The molecule has 1 fully saturated rings. The van der Waals surface area contributed by atoms with Gasteiger partial charge in [0.25, 0.3) is 0 Å². The summed E-state index contributed by atoms with van der Waals surface area (Å²) in [6.07, 6.45) is 3.24. The van der Waals surface area contributed by atoms with Crippen molar-refractivity contribution < 1.29 is 9.90 Å². The van der Waals surface area contributed by atoms with Crippen molar-refractivity contribution in [3.8, 4) is 0 Å². The first-order valence-electron chi connectivity index (χ1n) is 7.71. The Bertz CT molecular complexity index is 296. The molecule has 3 unspecified atom stereocenters. The Balaban J connectivity index is 2.59. The van der Waals surface area contributed by atoms with E-state index in [0.29, 0.717) is 18.9 Å². The van der Waals surface area contributed by atoms with E-state index in [0.717, 1.165) is 25.8 Å².